The van der Waals surface area contributed by atoms with Crippen LogP contribution in [-0.4, -0.2) is 39.9 Å². The number of nitrogens with zero attached hydrogens (tertiary/aromatic N) is 4. The first kappa shape index (κ1) is 12.2. The molecule has 0 spiro atoms. The summed E-state index contributed by atoms with van der Waals surface area (Å²) in [7, 11) is -0.456. The third-order valence-electron chi connectivity index (χ3n) is 1.26. The second-order valence-electron chi connectivity index (χ2n) is 2.49. The van der Waals surface area contributed by atoms with E-state index in [2.05, 4.69) is 14.7 Å². The van der Waals surface area contributed by atoms with Crippen molar-refractivity contribution in [2.45, 2.75) is 6.42 Å². The van der Waals surface area contributed by atoms with Crippen LogP contribution >= 0.6 is 0 Å². The van der Waals surface area contributed by atoms with E-state index < -0.39 is 10.2 Å². The normalized spacial score (nSPS) is 11.3. The summed E-state index contributed by atoms with van der Waals surface area (Å²) in [6.07, 6.45) is 0.497. The summed E-state index contributed by atoms with van der Waals surface area (Å²) >= 11 is 0. The molecule has 76 valence electrons. The van der Waals surface area contributed by atoms with Gasteiger partial charge in [0.25, 0.3) is 10.2 Å². The molecule has 0 unspecified atom stereocenters. The molecule has 0 aromatic carbocycles. The van der Waals surface area contributed by atoms with Crippen molar-refractivity contribution in [1.29, 1.82) is 0 Å². The molecule has 0 aliphatic heterocycles. The molecule has 0 bridgehead atoms. The molecular weight excluding hydrogens is 194 g/mol. The summed E-state index contributed by atoms with van der Waals surface area (Å²) in [6.45, 7) is 0.575. The van der Waals surface area contributed by atoms with Gasteiger partial charge in [-0.25, -0.2) is 4.72 Å². The maximum Gasteiger partial charge on any atom is 0.278 e. The van der Waals surface area contributed by atoms with Crippen molar-refractivity contribution in [3.63, 3.8) is 0 Å². The van der Waals surface area contributed by atoms with Gasteiger partial charge in [-0.15, -0.1) is 0 Å². The highest BCUT2D eigenvalue weighted by molar-refractivity contribution is 7.87. The lowest BCUT2D eigenvalue weighted by Gasteiger charge is -2.11. The van der Waals surface area contributed by atoms with E-state index in [0.717, 1.165) is 4.31 Å². The molecule has 0 rings (SSSR count). The molecule has 8 heteroatoms. The Morgan fingerprint density at radius 3 is 2.62 bits per heavy atom. The van der Waals surface area contributed by atoms with Gasteiger partial charge in [-0.05, 0) is 12.0 Å². The fourth-order valence-corrected chi connectivity index (χ4v) is 1.19. The fourth-order valence-electron chi connectivity index (χ4n) is 0.525. The van der Waals surface area contributed by atoms with E-state index in [4.69, 9.17) is 5.53 Å². The van der Waals surface area contributed by atoms with Crippen LogP contribution in [-0.2, 0) is 10.2 Å². The quantitative estimate of drug-likeness (QED) is 0.289. The lowest BCUT2D eigenvalue weighted by atomic mass is 10.4. The molecule has 0 aromatic heterocycles. The first-order chi connectivity index (χ1) is 6.00. The summed E-state index contributed by atoms with van der Waals surface area (Å²) in [5.41, 5.74) is 7.93. The van der Waals surface area contributed by atoms with Crippen LogP contribution in [0.5, 0.6) is 0 Å². The van der Waals surface area contributed by atoms with E-state index in [1.165, 1.54) is 14.1 Å². The Balaban J connectivity index is 3.71. The van der Waals surface area contributed by atoms with Crippen LogP contribution in [0.25, 0.3) is 10.4 Å². The first-order valence-corrected chi connectivity index (χ1v) is 5.12. The van der Waals surface area contributed by atoms with Gasteiger partial charge in [-0.2, -0.15) is 12.7 Å². The number of nitrogens with one attached hydrogen (secondary N) is 1. The van der Waals surface area contributed by atoms with Crippen LogP contribution in [0.1, 0.15) is 6.42 Å². The molecule has 1 N–H and O–H groups in total. The van der Waals surface area contributed by atoms with Crippen molar-refractivity contribution < 1.29 is 8.42 Å². The molecule has 7 nitrogen and oxygen atoms in total. The molecule has 0 aromatic rings. The van der Waals surface area contributed by atoms with Gasteiger partial charge in [0.1, 0.15) is 0 Å². The third kappa shape index (κ3) is 5.42. The van der Waals surface area contributed by atoms with Crippen LogP contribution in [0.4, 0.5) is 0 Å². The maximum absolute atomic E-state index is 11.1. The van der Waals surface area contributed by atoms with Gasteiger partial charge in [0.15, 0.2) is 0 Å². The lowest BCUT2D eigenvalue weighted by Crippen LogP contribution is -2.36. The Morgan fingerprint density at radius 1 is 1.54 bits per heavy atom. The van der Waals surface area contributed by atoms with Crippen molar-refractivity contribution in [2.24, 2.45) is 5.11 Å². The Kier molecular flexibility index (Phi) is 5.40. The number of azide groups is 1. The summed E-state index contributed by atoms with van der Waals surface area (Å²) in [5.74, 6) is 0. The zero-order valence-electron chi connectivity index (χ0n) is 7.63. The highest BCUT2D eigenvalue weighted by Gasteiger charge is 2.10. The van der Waals surface area contributed by atoms with Gasteiger partial charge in [0.2, 0.25) is 0 Å². The fraction of sp³-hybridized carbons (Fsp3) is 1.00. The topological polar surface area (TPSA) is 98.2 Å². The summed E-state index contributed by atoms with van der Waals surface area (Å²) in [5, 5.41) is 3.27. The van der Waals surface area contributed by atoms with Crippen LogP contribution in [0, 0.1) is 0 Å². The Hall–Kier alpha value is -0.820. The molecule has 0 saturated heterocycles. The van der Waals surface area contributed by atoms with Crippen molar-refractivity contribution in [3.05, 3.63) is 10.4 Å². The molecule has 0 aliphatic carbocycles. The van der Waals surface area contributed by atoms with Gasteiger partial charge < -0.3 is 0 Å². The minimum absolute atomic E-state index is 0.277. The van der Waals surface area contributed by atoms with Gasteiger partial charge in [0.05, 0.1) is 0 Å². The number of hydrogen-bond donors (Lipinski definition) is 1. The average Bonchev–Trinajstić information content (AvgIpc) is 2.03. The monoisotopic (exact) mass is 207 g/mol. The molecule has 0 amide bonds. The molecule has 13 heavy (non-hydrogen) atoms. The Morgan fingerprint density at radius 2 is 2.15 bits per heavy atom. The molecule has 0 aliphatic rings. The van der Waals surface area contributed by atoms with Crippen LogP contribution in [0.2, 0.25) is 0 Å². The third-order valence-corrected chi connectivity index (χ3v) is 2.79. The van der Waals surface area contributed by atoms with E-state index in [1.54, 1.807) is 0 Å². The van der Waals surface area contributed by atoms with Crippen LogP contribution in [0.15, 0.2) is 5.11 Å². The highest BCUT2D eigenvalue weighted by Crippen LogP contribution is 1.88. The number of hydrogen-bond acceptors (Lipinski definition) is 3. The van der Waals surface area contributed by atoms with E-state index in [-0.39, 0.29) is 6.54 Å². The van der Waals surface area contributed by atoms with Crippen LogP contribution in [0.3, 0.4) is 0 Å². The molecular formula is C5H13N5O2S. The Bertz CT molecular complexity index is 279. The minimum atomic E-state index is -3.34. The first-order valence-electron chi connectivity index (χ1n) is 3.68. The predicted octanol–water partition coefficient (Wildman–Crippen LogP) is 0.0828. The smallest absolute Gasteiger partial charge is 0.202 e. The van der Waals surface area contributed by atoms with Crippen molar-refractivity contribution >= 4 is 10.2 Å². The van der Waals surface area contributed by atoms with Gasteiger partial charge in [0, 0.05) is 32.1 Å². The maximum atomic E-state index is 11.1. The van der Waals surface area contributed by atoms with Crippen molar-refractivity contribution in [1.82, 2.24) is 9.03 Å². The standard InChI is InChI=1S/C5H13N5O2S/c1-10(2)13(11,12)8-5-3-4-7-9-6/h8H,3-5H2,1-2H3. The molecule has 0 heterocycles. The van der Waals surface area contributed by atoms with Crippen LogP contribution < -0.4 is 4.72 Å². The second-order valence-corrected chi connectivity index (χ2v) is 4.46. The van der Waals surface area contributed by atoms with Gasteiger partial charge >= 0.3 is 0 Å². The zero-order chi connectivity index (χ0) is 10.3. The van der Waals surface area contributed by atoms with Gasteiger partial charge in [-0.1, -0.05) is 5.11 Å². The van der Waals surface area contributed by atoms with Crippen molar-refractivity contribution in [3.8, 4) is 0 Å². The molecule has 0 radical (unpaired) electrons. The average molecular weight is 207 g/mol. The summed E-state index contributed by atoms with van der Waals surface area (Å²) in [4.78, 5) is 2.54. The zero-order valence-corrected chi connectivity index (χ0v) is 8.45. The minimum Gasteiger partial charge on any atom is -0.202 e. The van der Waals surface area contributed by atoms with Gasteiger partial charge in [-0.3, -0.25) is 0 Å². The largest absolute Gasteiger partial charge is 0.278 e. The second kappa shape index (κ2) is 5.76. The predicted molar refractivity (Wildman–Crippen MR) is 49.2 cm³/mol. The highest BCUT2D eigenvalue weighted by atomic mass is 32.2. The summed E-state index contributed by atoms with van der Waals surface area (Å²) < 4.78 is 25.6. The van der Waals surface area contributed by atoms with Crippen molar-refractivity contribution in [2.75, 3.05) is 27.2 Å². The SMILES string of the molecule is CN(C)S(=O)(=O)NCCCN=[N+]=[N-]. The van der Waals surface area contributed by atoms with E-state index in [9.17, 15) is 8.42 Å². The van der Waals surface area contributed by atoms with E-state index >= 15 is 0 Å². The van der Waals surface area contributed by atoms with E-state index in [1.807, 2.05) is 0 Å². The lowest BCUT2D eigenvalue weighted by molar-refractivity contribution is 0.504. The molecule has 0 atom stereocenters. The molecule has 0 saturated carbocycles. The summed E-state index contributed by atoms with van der Waals surface area (Å²) in [6, 6.07) is 0. The van der Waals surface area contributed by atoms with E-state index in [0.29, 0.717) is 13.0 Å². The molecule has 0 fully saturated rings. The Labute approximate surface area is 77.5 Å². The number of rotatable bonds is 6.